The molecule has 1 atom stereocenters. The normalized spacial score (nSPS) is 18.7. The molecule has 2 rings (SSSR count). The third-order valence-corrected chi connectivity index (χ3v) is 3.27. The monoisotopic (exact) mass is 281 g/mol. The Kier molecular flexibility index (Phi) is 4.60. The van der Waals surface area contributed by atoms with E-state index in [-0.39, 0.29) is 24.2 Å². The van der Waals surface area contributed by atoms with Gasteiger partial charge in [-0.2, -0.15) is 4.98 Å². The number of esters is 1. The Bertz CT molecular complexity index is 486. The Morgan fingerprint density at radius 1 is 1.55 bits per heavy atom. The molecule has 1 aliphatic rings. The van der Waals surface area contributed by atoms with Crippen LogP contribution in [-0.4, -0.2) is 43.1 Å². The lowest BCUT2D eigenvalue weighted by atomic mass is 10.0. The van der Waals surface area contributed by atoms with Crippen LogP contribution in [0.4, 0.5) is 6.01 Å². The van der Waals surface area contributed by atoms with E-state index >= 15 is 0 Å². The van der Waals surface area contributed by atoms with Crippen molar-refractivity contribution >= 4 is 17.9 Å². The molecule has 1 unspecified atom stereocenters. The van der Waals surface area contributed by atoms with Crippen LogP contribution in [-0.2, 0) is 9.53 Å². The second kappa shape index (κ2) is 6.40. The number of likely N-dealkylation sites (N-methyl/N-ethyl adjacent to an activating group) is 1. The second-order valence-corrected chi connectivity index (χ2v) is 4.56. The van der Waals surface area contributed by atoms with Gasteiger partial charge in [-0.3, -0.25) is 4.79 Å². The first-order valence-electron chi connectivity index (χ1n) is 6.78. The largest absolute Gasteiger partial charge is 0.461 e. The number of carbonyl (C=O) groups is 2. The molecule has 0 radical (unpaired) electrons. The van der Waals surface area contributed by atoms with Crippen LogP contribution in [0.1, 0.15) is 36.7 Å². The fourth-order valence-electron chi connectivity index (χ4n) is 2.29. The van der Waals surface area contributed by atoms with E-state index in [0.29, 0.717) is 12.6 Å². The molecule has 0 bridgehead atoms. The second-order valence-electron chi connectivity index (χ2n) is 4.56. The van der Waals surface area contributed by atoms with E-state index in [2.05, 4.69) is 10.3 Å². The zero-order chi connectivity index (χ0) is 14.5. The molecule has 110 valence electrons. The van der Waals surface area contributed by atoms with Crippen LogP contribution in [0.5, 0.6) is 0 Å². The van der Waals surface area contributed by atoms with Gasteiger partial charge in [0.05, 0.1) is 6.61 Å². The van der Waals surface area contributed by atoms with Crippen LogP contribution in [0.2, 0.25) is 0 Å². The maximum atomic E-state index is 11.9. The molecule has 0 aliphatic carbocycles. The van der Waals surface area contributed by atoms with Crippen molar-refractivity contribution in [2.24, 2.45) is 0 Å². The number of carbonyl (C=O) groups excluding carboxylic acids is 2. The van der Waals surface area contributed by atoms with Crippen molar-refractivity contribution in [2.45, 2.75) is 32.2 Å². The summed E-state index contributed by atoms with van der Waals surface area (Å²) in [5.74, 6) is -0.586. The molecule has 7 nitrogen and oxygen atoms in total. The van der Waals surface area contributed by atoms with Gasteiger partial charge in [0.2, 0.25) is 5.91 Å². The zero-order valence-electron chi connectivity index (χ0n) is 11.7. The molecule has 20 heavy (non-hydrogen) atoms. The van der Waals surface area contributed by atoms with E-state index in [1.807, 2.05) is 0 Å². The highest BCUT2D eigenvalue weighted by Gasteiger charge is 2.31. The smallest absolute Gasteiger partial charge is 0.360 e. The van der Waals surface area contributed by atoms with Gasteiger partial charge in [-0.15, -0.1) is 0 Å². The molecule has 0 aromatic carbocycles. The summed E-state index contributed by atoms with van der Waals surface area (Å²) >= 11 is 0. The van der Waals surface area contributed by atoms with Gasteiger partial charge in [-0.25, -0.2) is 4.79 Å². The fraction of sp³-hybridized carbons (Fsp3) is 0.615. The Hall–Kier alpha value is -2.05. The summed E-state index contributed by atoms with van der Waals surface area (Å²) in [6.45, 7) is 2.69. The van der Waals surface area contributed by atoms with Gasteiger partial charge in [-0.1, -0.05) is 0 Å². The molecule has 1 saturated heterocycles. The number of nitrogens with zero attached hydrogens (tertiary/aromatic N) is 2. The minimum absolute atomic E-state index is 0.0689. The number of piperidine rings is 1. The van der Waals surface area contributed by atoms with E-state index in [1.165, 1.54) is 6.26 Å². The molecule has 7 heteroatoms. The lowest BCUT2D eigenvalue weighted by molar-refractivity contribution is -0.122. The summed E-state index contributed by atoms with van der Waals surface area (Å²) in [5, 5.41) is 2.64. The topological polar surface area (TPSA) is 84.7 Å². The predicted octanol–water partition coefficient (Wildman–Crippen LogP) is 0.956. The predicted molar refractivity (Wildman–Crippen MR) is 71.5 cm³/mol. The SMILES string of the molecule is CCOC(=O)c1coc(N2CCCCC2C(=O)NC)n1. The van der Waals surface area contributed by atoms with Gasteiger partial charge in [0.15, 0.2) is 5.69 Å². The van der Waals surface area contributed by atoms with Crippen molar-refractivity contribution in [2.75, 3.05) is 25.1 Å². The molecule has 1 fully saturated rings. The minimum atomic E-state index is -0.518. The number of nitrogens with one attached hydrogen (secondary N) is 1. The fourth-order valence-corrected chi connectivity index (χ4v) is 2.29. The first-order chi connectivity index (χ1) is 9.67. The molecular formula is C13H19N3O4. The van der Waals surface area contributed by atoms with Gasteiger partial charge in [0, 0.05) is 13.6 Å². The lowest BCUT2D eigenvalue weighted by Crippen LogP contribution is -2.49. The summed E-state index contributed by atoms with van der Waals surface area (Å²) in [4.78, 5) is 29.4. The number of aromatic nitrogens is 1. The van der Waals surface area contributed by atoms with E-state index in [0.717, 1.165) is 19.3 Å². The lowest BCUT2D eigenvalue weighted by Gasteiger charge is -2.32. The maximum Gasteiger partial charge on any atom is 0.360 e. The standard InChI is InChI=1S/C13H19N3O4/c1-3-19-12(18)9-8-20-13(15-9)16-7-5-4-6-10(16)11(17)14-2/h8,10H,3-7H2,1-2H3,(H,14,17). The van der Waals surface area contributed by atoms with Crippen molar-refractivity contribution in [3.8, 4) is 0 Å². The van der Waals surface area contributed by atoms with E-state index in [4.69, 9.17) is 9.15 Å². The van der Waals surface area contributed by atoms with Gasteiger partial charge < -0.3 is 19.4 Å². The summed E-state index contributed by atoms with van der Waals surface area (Å²) in [7, 11) is 1.61. The molecule has 1 aliphatic heterocycles. The molecule has 1 amide bonds. The Labute approximate surface area is 117 Å². The summed E-state index contributed by atoms with van der Waals surface area (Å²) in [6, 6.07) is -0.0104. The molecule has 1 aromatic heterocycles. The molecule has 1 N–H and O–H groups in total. The van der Waals surface area contributed by atoms with Gasteiger partial charge >= 0.3 is 5.97 Å². The summed E-state index contributed by atoms with van der Waals surface area (Å²) < 4.78 is 10.2. The van der Waals surface area contributed by atoms with Crippen molar-refractivity contribution in [1.82, 2.24) is 10.3 Å². The quantitative estimate of drug-likeness (QED) is 0.827. The molecule has 0 spiro atoms. The van der Waals surface area contributed by atoms with Crippen LogP contribution >= 0.6 is 0 Å². The van der Waals surface area contributed by atoms with Crippen LogP contribution in [0.15, 0.2) is 10.7 Å². The Morgan fingerprint density at radius 2 is 2.35 bits per heavy atom. The van der Waals surface area contributed by atoms with E-state index in [1.54, 1.807) is 18.9 Å². The average Bonchev–Trinajstić information content (AvgIpc) is 2.96. The van der Waals surface area contributed by atoms with Gasteiger partial charge in [0.25, 0.3) is 6.01 Å². The molecule has 1 aromatic rings. The maximum absolute atomic E-state index is 11.9. The third kappa shape index (κ3) is 2.92. The molecule has 2 heterocycles. The zero-order valence-corrected chi connectivity index (χ0v) is 11.7. The Balaban J connectivity index is 2.16. The highest BCUT2D eigenvalue weighted by Crippen LogP contribution is 2.24. The highest BCUT2D eigenvalue weighted by molar-refractivity contribution is 5.88. The number of anilines is 1. The van der Waals surface area contributed by atoms with Crippen LogP contribution < -0.4 is 10.2 Å². The molecular weight excluding hydrogens is 262 g/mol. The number of hydrogen-bond donors (Lipinski definition) is 1. The Morgan fingerprint density at radius 3 is 3.05 bits per heavy atom. The minimum Gasteiger partial charge on any atom is -0.461 e. The van der Waals surface area contributed by atoms with Crippen LogP contribution in [0.25, 0.3) is 0 Å². The van der Waals surface area contributed by atoms with Gasteiger partial charge in [0.1, 0.15) is 12.3 Å². The van der Waals surface area contributed by atoms with Crippen LogP contribution in [0, 0.1) is 0 Å². The highest BCUT2D eigenvalue weighted by atomic mass is 16.5. The first kappa shape index (κ1) is 14.4. The number of oxazole rings is 1. The average molecular weight is 281 g/mol. The summed E-state index contributed by atoms with van der Waals surface area (Å²) in [5.41, 5.74) is 0.128. The number of amides is 1. The summed E-state index contributed by atoms with van der Waals surface area (Å²) in [6.07, 6.45) is 3.96. The molecule has 0 saturated carbocycles. The van der Waals surface area contributed by atoms with E-state index in [9.17, 15) is 9.59 Å². The number of hydrogen-bond acceptors (Lipinski definition) is 6. The van der Waals surface area contributed by atoms with Crippen molar-refractivity contribution in [3.63, 3.8) is 0 Å². The number of rotatable bonds is 4. The first-order valence-corrected chi connectivity index (χ1v) is 6.78. The van der Waals surface area contributed by atoms with E-state index < -0.39 is 5.97 Å². The number of ether oxygens (including phenoxy) is 1. The van der Waals surface area contributed by atoms with Gasteiger partial charge in [-0.05, 0) is 26.2 Å². The van der Waals surface area contributed by atoms with Crippen LogP contribution in [0.3, 0.4) is 0 Å². The van der Waals surface area contributed by atoms with Crippen molar-refractivity contribution in [3.05, 3.63) is 12.0 Å². The van der Waals surface area contributed by atoms with Crippen molar-refractivity contribution in [1.29, 1.82) is 0 Å². The third-order valence-electron chi connectivity index (χ3n) is 3.27. The van der Waals surface area contributed by atoms with Crippen molar-refractivity contribution < 1.29 is 18.7 Å².